The Morgan fingerprint density at radius 1 is 1.39 bits per heavy atom. The Labute approximate surface area is 147 Å². The summed E-state index contributed by atoms with van der Waals surface area (Å²) in [4.78, 5) is 25.0. The number of hydrogen-bond acceptors (Lipinski definition) is 4. The van der Waals surface area contributed by atoms with Gasteiger partial charge in [0.05, 0.1) is 18.1 Å². The highest BCUT2D eigenvalue weighted by Gasteiger charge is 2.52. The molecule has 1 amide bonds. The standard InChI is InChI=1S/C15H18BrClN2O4/c1-14(2,3)23-13(22)19-7-15(8-19,12(20)21)18-9-4-5-11(17)10(16)6-9/h4-6,18H,7-8H2,1-3H3,(H,20,21). The zero-order valence-corrected chi connectivity index (χ0v) is 15.4. The lowest BCUT2D eigenvalue weighted by molar-refractivity contribution is -0.147. The minimum absolute atomic E-state index is 0.0253. The molecule has 0 aromatic heterocycles. The molecule has 1 saturated heterocycles. The van der Waals surface area contributed by atoms with Gasteiger partial charge < -0.3 is 20.1 Å². The highest BCUT2D eigenvalue weighted by Crippen LogP contribution is 2.31. The van der Waals surface area contributed by atoms with E-state index in [0.29, 0.717) is 15.2 Å². The average Bonchev–Trinajstić information content (AvgIpc) is 2.34. The first-order valence-corrected chi connectivity index (χ1v) is 8.14. The lowest BCUT2D eigenvalue weighted by Crippen LogP contribution is -2.71. The third kappa shape index (κ3) is 4.09. The molecule has 0 radical (unpaired) electrons. The van der Waals surface area contributed by atoms with Crippen molar-refractivity contribution in [1.82, 2.24) is 4.90 Å². The second kappa shape index (κ2) is 6.20. The molecule has 1 fully saturated rings. The third-order valence-electron chi connectivity index (χ3n) is 3.29. The number of aliphatic carboxylic acids is 1. The Bertz CT molecular complexity index is 639. The van der Waals surface area contributed by atoms with Crippen LogP contribution in [0.2, 0.25) is 5.02 Å². The predicted octanol–water partition coefficient (Wildman–Crippen LogP) is 3.59. The van der Waals surface area contributed by atoms with Gasteiger partial charge in [0, 0.05) is 10.2 Å². The number of nitrogens with zero attached hydrogens (tertiary/aromatic N) is 1. The Hall–Kier alpha value is -1.47. The van der Waals surface area contributed by atoms with Gasteiger partial charge in [-0.3, -0.25) is 0 Å². The molecule has 0 saturated carbocycles. The van der Waals surface area contributed by atoms with E-state index in [1.165, 1.54) is 4.90 Å². The Kier molecular flexibility index (Phi) is 4.82. The molecular formula is C15H18BrClN2O4. The van der Waals surface area contributed by atoms with Crippen molar-refractivity contribution >= 4 is 45.3 Å². The van der Waals surface area contributed by atoms with Crippen LogP contribution >= 0.6 is 27.5 Å². The number of carboxylic acid groups (broad SMARTS) is 1. The van der Waals surface area contributed by atoms with Crippen molar-refractivity contribution in [3.05, 3.63) is 27.7 Å². The molecule has 1 aromatic rings. The number of carbonyl (C=O) groups excluding carboxylic acids is 1. The van der Waals surface area contributed by atoms with Crippen molar-refractivity contribution in [2.24, 2.45) is 0 Å². The molecule has 0 unspecified atom stereocenters. The van der Waals surface area contributed by atoms with Crippen molar-refractivity contribution in [2.45, 2.75) is 31.9 Å². The lowest BCUT2D eigenvalue weighted by atomic mass is 9.90. The molecule has 2 N–H and O–H groups in total. The van der Waals surface area contributed by atoms with Crippen molar-refractivity contribution < 1.29 is 19.4 Å². The number of ether oxygens (including phenoxy) is 1. The van der Waals surface area contributed by atoms with Crippen LogP contribution in [0.15, 0.2) is 22.7 Å². The SMILES string of the molecule is CC(C)(C)OC(=O)N1CC(Nc2ccc(Cl)c(Br)c2)(C(=O)O)C1. The Morgan fingerprint density at radius 2 is 2.00 bits per heavy atom. The van der Waals surface area contributed by atoms with Gasteiger partial charge in [-0.1, -0.05) is 11.6 Å². The van der Waals surface area contributed by atoms with Gasteiger partial charge in [-0.2, -0.15) is 0 Å². The summed E-state index contributed by atoms with van der Waals surface area (Å²) in [6, 6.07) is 5.05. The molecule has 23 heavy (non-hydrogen) atoms. The van der Waals surface area contributed by atoms with Crippen LogP contribution in [0.5, 0.6) is 0 Å². The molecule has 1 aromatic carbocycles. The molecule has 1 aliphatic heterocycles. The fraction of sp³-hybridized carbons (Fsp3) is 0.467. The number of likely N-dealkylation sites (tertiary alicyclic amines) is 1. The summed E-state index contributed by atoms with van der Waals surface area (Å²) in [5.74, 6) is -1.02. The fourth-order valence-corrected chi connectivity index (χ4v) is 2.68. The minimum atomic E-state index is -1.23. The summed E-state index contributed by atoms with van der Waals surface area (Å²) in [6.07, 6.45) is -0.520. The Balaban J connectivity index is 2.08. The van der Waals surface area contributed by atoms with Gasteiger partial charge in [0.15, 0.2) is 5.54 Å². The number of benzene rings is 1. The summed E-state index contributed by atoms with van der Waals surface area (Å²) in [5, 5.41) is 13.0. The molecule has 1 heterocycles. The molecule has 0 bridgehead atoms. The number of nitrogens with one attached hydrogen (secondary N) is 1. The molecular weight excluding hydrogens is 388 g/mol. The summed E-state index contributed by atoms with van der Waals surface area (Å²) in [6.45, 7) is 5.34. The number of hydrogen-bond donors (Lipinski definition) is 2. The summed E-state index contributed by atoms with van der Waals surface area (Å²) >= 11 is 9.22. The first-order valence-electron chi connectivity index (χ1n) is 6.97. The van der Waals surface area contributed by atoms with Gasteiger partial charge in [-0.05, 0) is 54.9 Å². The molecule has 0 spiro atoms. The number of anilines is 1. The first-order chi connectivity index (χ1) is 10.5. The van der Waals surface area contributed by atoms with Crippen molar-refractivity contribution in [3.8, 4) is 0 Å². The van der Waals surface area contributed by atoms with Crippen LogP contribution in [0.1, 0.15) is 20.8 Å². The number of carboxylic acids is 1. The van der Waals surface area contributed by atoms with Gasteiger partial charge >= 0.3 is 12.1 Å². The summed E-state index contributed by atoms with van der Waals surface area (Å²) in [5.41, 5.74) is -1.25. The molecule has 0 aliphatic carbocycles. The van der Waals surface area contributed by atoms with Crippen LogP contribution in [-0.4, -0.2) is 46.3 Å². The van der Waals surface area contributed by atoms with Crippen LogP contribution in [0.4, 0.5) is 10.5 Å². The maximum absolute atomic E-state index is 12.0. The fourth-order valence-electron chi connectivity index (χ4n) is 2.18. The van der Waals surface area contributed by atoms with E-state index in [4.69, 9.17) is 16.3 Å². The second-order valence-electron chi connectivity index (χ2n) is 6.48. The zero-order valence-electron chi connectivity index (χ0n) is 13.0. The van der Waals surface area contributed by atoms with Gasteiger partial charge in [-0.15, -0.1) is 0 Å². The number of halogens is 2. The number of rotatable bonds is 3. The van der Waals surface area contributed by atoms with Crippen LogP contribution in [0, 0.1) is 0 Å². The van der Waals surface area contributed by atoms with Gasteiger partial charge in [0.25, 0.3) is 0 Å². The predicted molar refractivity (Wildman–Crippen MR) is 90.9 cm³/mol. The van der Waals surface area contributed by atoms with E-state index in [9.17, 15) is 14.7 Å². The van der Waals surface area contributed by atoms with Crippen LogP contribution in [0.3, 0.4) is 0 Å². The topological polar surface area (TPSA) is 78.9 Å². The van der Waals surface area contributed by atoms with E-state index in [1.807, 2.05) is 0 Å². The largest absolute Gasteiger partial charge is 0.479 e. The molecule has 2 rings (SSSR count). The van der Waals surface area contributed by atoms with Crippen LogP contribution in [0.25, 0.3) is 0 Å². The van der Waals surface area contributed by atoms with Crippen molar-refractivity contribution in [2.75, 3.05) is 18.4 Å². The van der Waals surface area contributed by atoms with Gasteiger partial charge in [0.1, 0.15) is 5.60 Å². The highest BCUT2D eigenvalue weighted by molar-refractivity contribution is 9.10. The number of amides is 1. The zero-order chi connectivity index (χ0) is 17.4. The normalized spacial score (nSPS) is 16.5. The molecule has 6 nitrogen and oxygen atoms in total. The second-order valence-corrected chi connectivity index (χ2v) is 7.74. The van der Waals surface area contributed by atoms with Crippen LogP contribution in [-0.2, 0) is 9.53 Å². The molecule has 126 valence electrons. The van der Waals surface area contributed by atoms with E-state index in [0.717, 1.165) is 0 Å². The molecule has 0 atom stereocenters. The third-order valence-corrected chi connectivity index (χ3v) is 4.50. The molecule has 1 aliphatic rings. The monoisotopic (exact) mass is 404 g/mol. The van der Waals surface area contributed by atoms with E-state index in [2.05, 4.69) is 21.2 Å². The maximum Gasteiger partial charge on any atom is 0.410 e. The quantitative estimate of drug-likeness (QED) is 0.803. The van der Waals surface area contributed by atoms with Crippen molar-refractivity contribution in [1.29, 1.82) is 0 Å². The smallest absolute Gasteiger partial charge is 0.410 e. The van der Waals surface area contributed by atoms with Gasteiger partial charge in [-0.25, -0.2) is 9.59 Å². The van der Waals surface area contributed by atoms with E-state index in [1.54, 1.807) is 39.0 Å². The first kappa shape index (κ1) is 17.9. The number of carbonyl (C=O) groups is 2. The van der Waals surface area contributed by atoms with Crippen LogP contribution < -0.4 is 5.32 Å². The van der Waals surface area contributed by atoms with E-state index < -0.39 is 23.2 Å². The average molecular weight is 406 g/mol. The van der Waals surface area contributed by atoms with E-state index >= 15 is 0 Å². The summed E-state index contributed by atoms with van der Waals surface area (Å²) < 4.78 is 5.90. The lowest BCUT2D eigenvalue weighted by Gasteiger charge is -2.47. The molecule has 8 heteroatoms. The maximum atomic E-state index is 12.0. The minimum Gasteiger partial charge on any atom is -0.479 e. The Morgan fingerprint density at radius 3 is 2.48 bits per heavy atom. The summed E-state index contributed by atoms with van der Waals surface area (Å²) in [7, 11) is 0. The van der Waals surface area contributed by atoms with E-state index in [-0.39, 0.29) is 13.1 Å². The highest BCUT2D eigenvalue weighted by atomic mass is 79.9. The van der Waals surface area contributed by atoms with Gasteiger partial charge in [0.2, 0.25) is 0 Å². The van der Waals surface area contributed by atoms with Crippen molar-refractivity contribution in [3.63, 3.8) is 0 Å².